The van der Waals surface area contributed by atoms with Crippen molar-refractivity contribution in [1.82, 2.24) is 4.90 Å². The molecule has 2 aromatic rings. The summed E-state index contributed by atoms with van der Waals surface area (Å²) >= 11 is 6.00. The minimum Gasteiger partial charge on any atom is -0.507 e. The van der Waals surface area contributed by atoms with E-state index in [-0.39, 0.29) is 35.1 Å². The Bertz CT molecular complexity index is 958. The third-order valence-corrected chi connectivity index (χ3v) is 4.78. The molecule has 3 rings (SSSR count). The number of Topliss-reactive ketones (excluding diaryl/α,β-unsaturated/α-hetero) is 1. The number of hydrogen-bond acceptors (Lipinski definition) is 5. The van der Waals surface area contributed by atoms with E-state index >= 15 is 0 Å². The van der Waals surface area contributed by atoms with Crippen LogP contribution in [0.1, 0.15) is 17.2 Å². The summed E-state index contributed by atoms with van der Waals surface area (Å²) in [6, 6.07) is 8.25. The van der Waals surface area contributed by atoms with E-state index in [1.807, 2.05) is 0 Å². The quantitative estimate of drug-likeness (QED) is 0.453. The number of benzene rings is 2. The fraction of sp³-hybridized carbons (Fsp3) is 0.200. The summed E-state index contributed by atoms with van der Waals surface area (Å²) in [7, 11) is 1.46. The summed E-state index contributed by atoms with van der Waals surface area (Å²) in [6.45, 7) is 0.274. The lowest BCUT2D eigenvalue weighted by Crippen LogP contribution is -2.32. The van der Waals surface area contributed by atoms with Crippen LogP contribution in [0.3, 0.4) is 0 Å². The zero-order chi connectivity index (χ0) is 20.4. The third-order valence-electron chi connectivity index (χ3n) is 4.48. The first-order valence-electron chi connectivity index (χ1n) is 8.37. The number of hydrogen-bond donors (Lipinski definition) is 2. The Balaban J connectivity index is 2.17. The Morgan fingerprint density at radius 2 is 1.89 bits per heavy atom. The summed E-state index contributed by atoms with van der Waals surface area (Å²) in [5.74, 6) is -2.74. The molecule has 28 heavy (non-hydrogen) atoms. The van der Waals surface area contributed by atoms with Crippen molar-refractivity contribution in [3.8, 4) is 5.75 Å². The van der Waals surface area contributed by atoms with Gasteiger partial charge in [0.05, 0.1) is 23.2 Å². The predicted octanol–water partition coefficient (Wildman–Crippen LogP) is 3.25. The second kappa shape index (κ2) is 8.00. The van der Waals surface area contributed by atoms with Gasteiger partial charge < -0.3 is 19.8 Å². The van der Waals surface area contributed by atoms with Crippen LogP contribution < -0.4 is 0 Å². The van der Waals surface area contributed by atoms with Crippen LogP contribution in [-0.2, 0) is 14.3 Å². The molecule has 0 bridgehead atoms. The number of halogens is 2. The highest BCUT2D eigenvalue weighted by Gasteiger charge is 2.46. The number of nitrogens with zero attached hydrogens (tertiary/aromatic N) is 1. The maximum absolute atomic E-state index is 13.2. The Morgan fingerprint density at radius 1 is 1.21 bits per heavy atom. The number of likely N-dealkylation sites (tertiary alicyclic amines) is 1. The Kier molecular flexibility index (Phi) is 5.67. The highest BCUT2D eigenvalue weighted by Crippen LogP contribution is 2.40. The van der Waals surface area contributed by atoms with Crippen molar-refractivity contribution in [2.45, 2.75) is 6.04 Å². The van der Waals surface area contributed by atoms with Crippen molar-refractivity contribution >= 4 is 29.1 Å². The number of phenols is 1. The van der Waals surface area contributed by atoms with Crippen LogP contribution in [0.15, 0.2) is 48.0 Å². The molecule has 2 aromatic carbocycles. The number of methoxy groups -OCH3 is 1. The van der Waals surface area contributed by atoms with E-state index < -0.39 is 29.3 Å². The van der Waals surface area contributed by atoms with Crippen LogP contribution in [0.2, 0.25) is 5.02 Å². The summed E-state index contributed by atoms with van der Waals surface area (Å²) in [5, 5.41) is 20.5. The number of ketones is 1. The van der Waals surface area contributed by atoms with Gasteiger partial charge in [-0.2, -0.15) is 0 Å². The summed E-state index contributed by atoms with van der Waals surface area (Å²) in [4.78, 5) is 26.5. The van der Waals surface area contributed by atoms with Gasteiger partial charge in [-0.15, -0.1) is 0 Å². The normalized spacial score (nSPS) is 18.7. The number of aliphatic hydroxyl groups is 1. The Morgan fingerprint density at radius 3 is 2.50 bits per heavy atom. The average molecular weight is 406 g/mol. The molecule has 1 saturated heterocycles. The molecule has 0 aromatic heterocycles. The second-order valence-corrected chi connectivity index (χ2v) is 6.61. The monoisotopic (exact) mass is 405 g/mol. The minimum atomic E-state index is -0.932. The number of carbonyl (C=O) groups is 2. The molecule has 146 valence electrons. The fourth-order valence-electron chi connectivity index (χ4n) is 3.10. The van der Waals surface area contributed by atoms with Gasteiger partial charge in [0.2, 0.25) is 0 Å². The smallest absolute Gasteiger partial charge is 0.295 e. The maximum atomic E-state index is 13.2. The first kappa shape index (κ1) is 19.9. The lowest BCUT2D eigenvalue weighted by molar-refractivity contribution is -0.140. The lowest BCUT2D eigenvalue weighted by atomic mass is 9.95. The molecule has 8 heteroatoms. The molecule has 0 saturated carbocycles. The van der Waals surface area contributed by atoms with Gasteiger partial charge in [0, 0.05) is 19.2 Å². The van der Waals surface area contributed by atoms with Crippen LogP contribution in [0.5, 0.6) is 5.75 Å². The SMILES string of the molecule is COCCN1C(=O)C(=O)/C(=C(\O)c2ccc(F)cc2)C1c1ccc(O)c(Cl)c1. The Labute approximate surface area is 165 Å². The largest absolute Gasteiger partial charge is 0.507 e. The number of aromatic hydroxyl groups is 1. The second-order valence-electron chi connectivity index (χ2n) is 6.20. The van der Waals surface area contributed by atoms with E-state index in [9.17, 15) is 24.2 Å². The first-order valence-corrected chi connectivity index (χ1v) is 8.74. The lowest BCUT2D eigenvalue weighted by Gasteiger charge is -2.25. The van der Waals surface area contributed by atoms with Crippen LogP contribution in [0.25, 0.3) is 5.76 Å². The van der Waals surface area contributed by atoms with E-state index in [4.69, 9.17) is 16.3 Å². The number of ether oxygens (including phenoxy) is 1. The third kappa shape index (κ3) is 3.58. The van der Waals surface area contributed by atoms with Crippen molar-refractivity contribution < 1.29 is 28.9 Å². The topological polar surface area (TPSA) is 87.1 Å². The van der Waals surface area contributed by atoms with Crippen molar-refractivity contribution in [2.75, 3.05) is 20.3 Å². The van der Waals surface area contributed by atoms with Crippen LogP contribution in [0, 0.1) is 5.82 Å². The van der Waals surface area contributed by atoms with Gasteiger partial charge in [-0.25, -0.2) is 4.39 Å². The van der Waals surface area contributed by atoms with Crippen molar-refractivity contribution in [2.24, 2.45) is 0 Å². The maximum Gasteiger partial charge on any atom is 0.295 e. The van der Waals surface area contributed by atoms with E-state index in [1.165, 1.54) is 42.3 Å². The van der Waals surface area contributed by atoms with Gasteiger partial charge in [-0.1, -0.05) is 17.7 Å². The highest BCUT2D eigenvalue weighted by atomic mass is 35.5. The molecular formula is C20H17ClFNO5. The van der Waals surface area contributed by atoms with Crippen LogP contribution in [-0.4, -0.2) is 47.1 Å². The molecule has 0 spiro atoms. The Hall–Kier alpha value is -2.90. The number of rotatable bonds is 5. The molecule has 1 aliphatic rings. The fourth-order valence-corrected chi connectivity index (χ4v) is 3.29. The highest BCUT2D eigenvalue weighted by molar-refractivity contribution is 6.46. The van der Waals surface area contributed by atoms with Gasteiger partial charge in [-0.05, 0) is 42.0 Å². The molecule has 2 N–H and O–H groups in total. The molecule has 6 nitrogen and oxygen atoms in total. The molecule has 1 atom stereocenters. The standard InChI is InChI=1S/C20H17ClFNO5/c1-28-9-8-23-17(12-4-7-15(24)14(21)10-12)16(19(26)20(23)27)18(25)11-2-5-13(22)6-3-11/h2-7,10,17,24-25H,8-9H2,1H3/b18-16-. The minimum absolute atomic E-state index is 0.0385. The summed E-state index contributed by atoms with van der Waals surface area (Å²) < 4.78 is 18.2. The van der Waals surface area contributed by atoms with Gasteiger partial charge in [0.25, 0.3) is 11.7 Å². The van der Waals surface area contributed by atoms with Gasteiger partial charge in [0.15, 0.2) is 0 Å². The number of amides is 1. The van der Waals surface area contributed by atoms with E-state index in [0.29, 0.717) is 5.56 Å². The summed E-state index contributed by atoms with van der Waals surface area (Å²) in [5.41, 5.74) is 0.484. The molecule has 1 unspecified atom stereocenters. The molecule has 1 amide bonds. The van der Waals surface area contributed by atoms with Crippen molar-refractivity contribution in [1.29, 1.82) is 0 Å². The zero-order valence-corrected chi connectivity index (χ0v) is 15.6. The molecule has 0 aliphatic carbocycles. The average Bonchev–Trinajstić information content (AvgIpc) is 2.93. The van der Waals surface area contributed by atoms with Crippen molar-refractivity contribution in [3.63, 3.8) is 0 Å². The number of phenolic OH excluding ortho intramolecular Hbond substituents is 1. The van der Waals surface area contributed by atoms with E-state index in [2.05, 4.69) is 0 Å². The molecule has 1 fully saturated rings. The number of aliphatic hydroxyl groups excluding tert-OH is 1. The molecule has 1 aliphatic heterocycles. The van der Waals surface area contributed by atoms with Crippen LogP contribution >= 0.6 is 11.6 Å². The molecule has 0 radical (unpaired) electrons. The molecule has 1 heterocycles. The van der Waals surface area contributed by atoms with Crippen LogP contribution in [0.4, 0.5) is 4.39 Å². The van der Waals surface area contributed by atoms with Gasteiger partial charge >= 0.3 is 0 Å². The predicted molar refractivity (Wildman–Crippen MR) is 100 cm³/mol. The summed E-state index contributed by atoms with van der Waals surface area (Å²) in [6.07, 6.45) is 0. The van der Waals surface area contributed by atoms with Crippen molar-refractivity contribution in [3.05, 3.63) is 70.0 Å². The number of carbonyl (C=O) groups excluding carboxylic acids is 2. The zero-order valence-electron chi connectivity index (χ0n) is 14.9. The van der Waals surface area contributed by atoms with E-state index in [1.54, 1.807) is 0 Å². The van der Waals surface area contributed by atoms with E-state index in [0.717, 1.165) is 12.1 Å². The first-order chi connectivity index (χ1) is 13.3. The van der Waals surface area contributed by atoms with Gasteiger partial charge in [0.1, 0.15) is 17.3 Å². The van der Waals surface area contributed by atoms with Gasteiger partial charge in [-0.3, -0.25) is 9.59 Å². The molecular weight excluding hydrogens is 389 g/mol.